The van der Waals surface area contributed by atoms with Gasteiger partial charge in [-0.15, -0.1) is 0 Å². The van der Waals surface area contributed by atoms with Crippen LogP contribution >= 0.6 is 0 Å². The number of benzene rings is 2. The number of methoxy groups -OCH3 is 1. The van der Waals surface area contributed by atoms with Gasteiger partial charge in [-0.1, -0.05) is 12.1 Å². The Hall–Kier alpha value is -3.35. The molecule has 0 bridgehead atoms. The second kappa shape index (κ2) is 9.07. The van der Waals surface area contributed by atoms with Crippen molar-refractivity contribution in [2.24, 2.45) is 0 Å². The number of amides is 1. The Morgan fingerprint density at radius 2 is 1.80 bits per heavy atom. The number of nitrogens with one attached hydrogen (secondary N) is 2. The number of rotatable bonds is 8. The van der Waals surface area contributed by atoms with Crippen LogP contribution in [0.25, 0.3) is 6.08 Å². The number of nitro benzene ring substituents is 1. The number of carbonyl (C=O) groups excluding carboxylic acids is 1. The fourth-order valence-corrected chi connectivity index (χ4v) is 2.04. The first-order valence-electron chi connectivity index (χ1n) is 7.67. The summed E-state index contributed by atoms with van der Waals surface area (Å²) in [6.07, 6.45) is 3.19. The monoisotopic (exact) mass is 341 g/mol. The molecule has 0 heterocycles. The first-order valence-corrected chi connectivity index (χ1v) is 7.67. The number of hydrogen-bond acceptors (Lipinski definition) is 5. The van der Waals surface area contributed by atoms with Crippen LogP contribution in [0.3, 0.4) is 0 Å². The highest BCUT2D eigenvalue weighted by molar-refractivity contribution is 5.91. The Bertz CT molecular complexity index is 740. The molecular weight excluding hydrogens is 322 g/mol. The lowest BCUT2D eigenvalue weighted by Crippen LogP contribution is -2.27. The molecule has 130 valence electrons. The van der Waals surface area contributed by atoms with Crippen LogP contribution in [0.5, 0.6) is 5.75 Å². The maximum Gasteiger partial charge on any atom is 0.269 e. The van der Waals surface area contributed by atoms with Gasteiger partial charge in [0.25, 0.3) is 5.69 Å². The summed E-state index contributed by atoms with van der Waals surface area (Å²) in [5, 5.41) is 16.4. The third kappa shape index (κ3) is 5.98. The van der Waals surface area contributed by atoms with Crippen molar-refractivity contribution in [2.45, 2.75) is 0 Å². The second-order valence-electron chi connectivity index (χ2n) is 5.13. The number of nitrogens with zero attached hydrogens (tertiary/aromatic N) is 1. The number of nitro groups is 1. The molecule has 2 N–H and O–H groups in total. The lowest BCUT2D eigenvalue weighted by Gasteiger charge is -2.06. The molecule has 7 heteroatoms. The van der Waals surface area contributed by atoms with E-state index in [1.54, 1.807) is 25.3 Å². The molecule has 0 saturated carbocycles. The Labute approximate surface area is 145 Å². The van der Waals surface area contributed by atoms with Crippen molar-refractivity contribution < 1.29 is 14.5 Å². The van der Waals surface area contributed by atoms with E-state index in [9.17, 15) is 14.9 Å². The van der Waals surface area contributed by atoms with Crippen LogP contribution < -0.4 is 15.4 Å². The van der Waals surface area contributed by atoms with Crippen molar-refractivity contribution in [3.8, 4) is 5.75 Å². The van der Waals surface area contributed by atoms with Gasteiger partial charge in [0.05, 0.1) is 12.0 Å². The lowest BCUT2D eigenvalue weighted by molar-refractivity contribution is -0.384. The fourth-order valence-electron chi connectivity index (χ4n) is 2.04. The van der Waals surface area contributed by atoms with E-state index in [-0.39, 0.29) is 11.6 Å². The molecular formula is C18H19N3O4. The van der Waals surface area contributed by atoms with Crippen LogP contribution in [-0.2, 0) is 4.79 Å². The summed E-state index contributed by atoms with van der Waals surface area (Å²) in [6.45, 7) is 0.947. The van der Waals surface area contributed by atoms with Gasteiger partial charge in [-0.2, -0.15) is 0 Å². The van der Waals surface area contributed by atoms with E-state index >= 15 is 0 Å². The van der Waals surface area contributed by atoms with Gasteiger partial charge >= 0.3 is 0 Å². The number of carbonyl (C=O) groups is 1. The molecule has 0 spiro atoms. The molecule has 2 aromatic carbocycles. The van der Waals surface area contributed by atoms with Crippen LogP contribution in [0, 0.1) is 10.1 Å². The zero-order valence-corrected chi connectivity index (χ0v) is 13.8. The molecule has 0 aromatic heterocycles. The molecule has 0 aliphatic carbocycles. The SMILES string of the molecule is COc1ccc(/C=C/C(=O)NCCNc2ccc([N+](=O)[O-])cc2)cc1. The minimum Gasteiger partial charge on any atom is -0.497 e. The van der Waals surface area contributed by atoms with Gasteiger partial charge in [-0.05, 0) is 35.9 Å². The van der Waals surface area contributed by atoms with Gasteiger partial charge in [0.15, 0.2) is 0 Å². The lowest BCUT2D eigenvalue weighted by atomic mass is 10.2. The molecule has 0 fully saturated rings. The third-order valence-corrected chi connectivity index (χ3v) is 3.37. The van der Waals surface area contributed by atoms with Crippen molar-refractivity contribution in [3.63, 3.8) is 0 Å². The van der Waals surface area contributed by atoms with Crippen LogP contribution in [0.4, 0.5) is 11.4 Å². The summed E-state index contributed by atoms with van der Waals surface area (Å²) in [4.78, 5) is 21.9. The van der Waals surface area contributed by atoms with Crippen molar-refractivity contribution in [2.75, 3.05) is 25.5 Å². The molecule has 0 aliphatic rings. The number of anilines is 1. The van der Waals surface area contributed by atoms with Gasteiger partial charge in [-0.25, -0.2) is 0 Å². The molecule has 2 aromatic rings. The zero-order chi connectivity index (χ0) is 18.1. The van der Waals surface area contributed by atoms with E-state index in [1.807, 2.05) is 24.3 Å². The topological polar surface area (TPSA) is 93.5 Å². The molecule has 25 heavy (non-hydrogen) atoms. The maximum absolute atomic E-state index is 11.7. The number of hydrogen-bond donors (Lipinski definition) is 2. The zero-order valence-electron chi connectivity index (χ0n) is 13.8. The summed E-state index contributed by atoms with van der Waals surface area (Å²) in [5.74, 6) is 0.570. The largest absolute Gasteiger partial charge is 0.497 e. The second-order valence-corrected chi connectivity index (χ2v) is 5.13. The highest BCUT2D eigenvalue weighted by Crippen LogP contribution is 2.15. The highest BCUT2D eigenvalue weighted by Gasteiger charge is 2.03. The van der Waals surface area contributed by atoms with Crippen LogP contribution in [0.2, 0.25) is 0 Å². The standard InChI is InChI=1S/C18H19N3O4/c1-25-17-9-2-14(3-10-17)4-11-18(22)20-13-12-19-15-5-7-16(8-6-15)21(23)24/h2-11,19H,12-13H2,1H3,(H,20,22)/b11-4+. The Morgan fingerprint density at radius 3 is 2.40 bits per heavy atom. The van der Waals surface area contributed by atoms with Gasteiger partial charge < -0.3 is 15.4 Å². The van der Waals surface area contributed by atoms with Crippen LogP contribution in [0.15, 0.2) is 54.6 Å². The van der Waals surface area contributed by atoms with E-state index in [0.717, 1.165) is 17.0 Å². The first kappa shape index (κ1) is 18.0. The molecule has 2 rings (SSSR count). The van der Waals surface area contributed by atoms with E-state index < -0.39 is 4.92 Å². The predicted molar refractivity (Wildman–Crippen MR) is 96.6 cm³/mol. The van der Waals surface area contributed by atoms with Gasteiger partial charge in [0.2, 0.25) is 5.91 Å². The fraction of sp³-hybridized carbons (Fsp3) is 0.167. The molecule has 0 radical (unpaired) electrons. The Kier molecular flexibility index (Phi) is 6.53. The van der Waals surface area contributed by atoms with Crippen molar-refractivity contribution in [1.82, 2.24) is 5.32 Å². The molecule has 7 nitrogen and oxygen atoms in total. The quantitative estimate of drug-likeness (QED) is 0.333. The highest BCUT2D eigenvalue weighted by atomic mass is 16.6. The Morgan fingerprint density at radius 1 is 1.12 bits per heavy atom. The minimum atomic E-state index is -0.445. The van der Waals surface area contributed by atoms with E-state index in [0.29, 0.717) is 13.1 Å². The maximum atomic E-state index is 11.7. The van der Waals surface area contributed by atoms with Crippen molar-refractivity contribution in [1.29, 1.82) is 0 Å². The summed E-state index contributed by atoms with van der Waals surface area (Å²) in [6, 6.07) is 13.5. The van der Waals surface area contributed by atoms with E-state index in [4.69, 9.17) is 4.74 Å². The summed E-state index contributed by atoms with van der Waals surface area (Å²) in [5.41, 5.74) is 1.70. The average molecular weight is 341 g/mol. The van der Waals surface area contributed by atoms with Gasteiger partial charge in [-0.3, -0.25) is 14.9 Å². The van der Waals surface area contributed by atoms with E-state index in [1.165, 1.54) is 18.2 Å². The first-order chi connectivity index (χ1) is 12.1. The Balaban J connectivity index is 1.70. The number of non-ortho nitro benzene ring substituents is 1. The van der Waals surface area contributed by atoms with Crippen molar-refractivity contribution in [3.05, 3.63) is 70.3 Å². The average Bonchev–Trinajstić information content (AvgIpc) is 2.64. The molecule has 0 atom stereocenters. The molecule has 0 aliphatic heterocycles. The van der Waals surface area contributed by atoms with E-state index in [2.05, 4.69) is 10.6 Å². The summed E-state index contributed by atoms with van der Waals surface area (Å²) < 4.78 is 5.07. The normalized spacial score (nSPS) is 10.4. The summed E-state index contributed by atoms with van der Waals surface area (Å²) in [7, 11) is 1.60. The smallest absolute Gasteiger partial charge is 0.269 e. The molecule has 1 amide bonds. The van der Waals surface area contributed by atoms with Gasteiger partial charge in [0.1, 0.15) is 5.75 Å². The summed E-state index contributed by atoms with van der Waals surface area (Å²) >= 11 is 0. The van der Waals surface area contributed by atoms with Gasteiger partial charge in [0, 0.05) is 37.0 Å². The molecule has 0 saturated heterocycles. The van der Waals surface area contributed by atoms with Crippen LogP contribution in [0.1, 0.15) is 5.56 Å². The third-order valence-electron chi connectivity index (χ3n) is 3.37. The molecule has 0 unspecified atom stereocenters. The van der Waals surface area contributed by atoms with Crippen LogP contribution in [-0.4, -0.2) is 31.0 Å². The minimum absolute atomic E-state index is 0.0440. The predicted octanol–water partition coefficient (Wildman–Crippen LogP) is 2.84. The van der Waals surface area contributed by atoms with Crippen molar-refractivity contribution >= 4 is 23.4 Å². The number of ether oxygens (including phenoxy) is 1.